The van der Waals surface area contributed by atoms with Crippen LogP contribution in [0.15, 0.2) is 36.7 Å². The summed E-state index contributed by atoms with van der Waals surface area (Å²) in [6, 6.07) is 6.32. The maximum absolute atomic E-state index is 12.6. The van der Waals surface area contributed by atoms with E-state index in [-0.39, 0.29) is 18.8 Å². The topological polar surface area (TPSA) is 130 Å². The predicted octanol–water partition coefficient (Wildman–Crippen LogP) is 3.91. The number of nitrogens with one attached hydrogen (secondary N) is 3. The fourth-order valence-electron chi connectivity index (χ4n) is 3.81. The number of aliphatic hydroxyl groups excluding tert-OH is 1. The fraction of sp³-hybridized carbons (Fsp3) is 0.417. The zero-order valence-electron chi connectivity index (χ0n) is 20.4. The van der Waals surface area contributed by atoms with Crippen molar-refractivity contribution in [1.82, 2.24) is 30.1 Å². The molecule has 0 bridgehead atoms. The van der Waals surface area contributed by atoms with Gasteiger partial charge in [0.15, 0.2) is 0 Å². The number of pyridine rings is 1. The molecule has 0 fully saturated rings. The fourth-order valence-corrected chi connectivity index (χ4v) is 4.29. The van der Waals surface area contributed by atoms with Gasteiger partial charge in [-0.15, -0.1) is 18.3 Å². The van der Waals surface area contributed by atoms with E-state index < -0.39 is 6.36 Å². The number of rotatable bonds is 15. The van der Waals surface area contributed by atoms with Crippen LogP contribution in [-0.2, 0) is 17.7 Å². The normalized spacial score (nSPS) is 11.8. The van der Waals surface area contributed by atoms with Gasteiger partial charge in [-0.05, 0) is 66.7 Å². The first-order valence-electron chi connectivity index (χ1n) is 12.0. The molecular weight excluding hydrogens is 523 g/mol. The van der Waals surface area contributed by atoms with Crippen LogP contribution in [0.2, 0.25) is 0 Å². The Morgan fingerprint density at radius 3 is 2.68 bits per heavy atom. The van der Waals surface area contributed by atoms with Crippen LogP contribution in [0.25, 0.3) is 21.5 Å². The third kappa shape index (κ3) is 8.34. The number of halogens is 3. The van der Waals surface area contributed by atoms with Gasteiger partial charge in [0.25, 0.3) is 0 Å². The maximum Gasteiger partial charge on any atom is 0.573 e. The lowest BCUT2D eigenvalue weighted by molar-refractivity contribution is -0.274. The van der Waals surface area contributed by atoms with Crippen molar-refractivity contribution in [3.05, 3.63) is 47.8 Å². The van der Waals surface area contributed by atoms with E-state index >= 15 is 0 Å². The molecular formula is C24H28F3N7O3S. The van der Waals surface area contributed by atoms with Gasteiger partial charge in [-0.1, -0.05) is 10.6 Å². The lowest BCUT2D eigenvalue weighted by atomic mass is 10.1. The maximum atomic E-state index is 12.6. The number of alkyl halides is 3. The summed E-state index contributed by atoms with van der Waals surface area (Å²) in [4.78, 5) is 5.53. The summed E-state index contributed by atoms with van der Waals surface area (Å²) in [7, 11) is 0. The van der Waals surface area contributed by atoms with Gasteiger partial charge >= 0.3 is 6.36 Å². The van der Waals surface area contributed by atoms with Crippen LogP contribution in [0.3, 0.4) is 0 Å². The molecule has 0 saturated carbocycles. The number of benzene rings is 1. The SMILES string of the molecule is OCCc1cc(CNCCCCOCCNc2nc(-c3cnns3)cc3[nH]ncc23)cc(OC(F)(F)F)c1. The molecule has 0 aliphatic rings. The van der Waals surface area contributed by atoms with Crippen molar-refractivity contribution in [2.75, 3.05) is 38.2 Å². The van der Waals surface area contributed by atoms with Gasteiger partial charge in [-0.2, -0.15) is 5.10 Å². The van der Waals surface area contributed by atoms with E-state index in [1.807, 2.05) is 6.07 Å². The van der Waals surface area contributed by atoms with Gasteiger partial charge in [0, 0.05) is 26.3 Å². The smallest absolute Gasteiger partial charge is 0.406 e. The van der Waals surface area contributed by atoms with Crippen molar-refractivity contribution in [3.63, 3.8) is 0 Å². The van der Waals surface area contributed by atoms with Crippen molar-refractivity contribution < 1.29 is 27.8 Å². The van der Waals surface area contributed by atoms with Crippen LogP contribution in [0, 0.1) is 0 Å². The van der Waals surface area contributed by atoms with E-state index in [9.17, 15) is 13.2 Å². The third-order valence-corrected chi connectivity index (χ3v) is 6.16. The summed E-state index contributed by atoms with van der Waals surface area (Å²) < 4.78 is 51.4. The van der Waals surface area contributed by atoms with Gasteiger partial charge in [0.05, 0.1) is 40.5 Å². The summed E-state index contributed by atoms with van der Waals surface area (Å²) in [5.41, 5.74) is 2.87. The Hall–Kier alpha value is -3.33. The summed E-state index contributed by atoms with van der Waals surface area (Å²) in [5.74, 6) is 0.428. The standard InChI is InChI=1S/C24H28F3N7O3S/c25-24(26,27)37-18-10-16(3-6-35)9-17(11-18)13-28-4-1-2-7-36-8-5-29-23-19-14-30-33-20(19)12-21(32-23)22-15-31-34-38-22/h9-12,14-15,28,35H,1-8,13H2,(H,29,32)(H,30,33). The summed E-state index contributed by atoms with van der Waals surface area (Å²) in [6.45, 7) is 2.58. The first-order valence-corrected chi connectivity index (χ1v) is 12.8. The van der Waals surface area contributed by atoms with E-state index in [2.05, 4.69) is 40.1 Å². The van der Waals surface area contributed by atoms with Gasteiger partial charge in [0.2, 0.25) is 0 Å². The quantitative estimate of drug-likeness (QED) is 0.163. The number of hydrogen-bond acceptors (Lipinski definition) is 10. The number of ether oxygens (including phenoxy) is 2. The Morgan fingerprint density at radius 2 is 1.89 bits per heavy atom. The minimum Gasteiger partial charge on any atom is -0.406 e. The van der Waals surface area contributed by atoms with E-state index in [0.29, 0.717) is 49.8 Å². The van der Waals surface area contributed by atoms with Crippen molar-refractivity contribution >= 4 is 28.3 Å². The summed E-state index contributed by atoms with van der Waals surface area (Å²) >= 11 is 1.27. The second-order valence-corrected chi connectivity index (χ2v) is 9.18. The van der Waals surface area contributed by atoms with E-state index in [0.717, 1.165) is 34.3 Å². The summed E-state index contributed by atoms with van der Waals surface area (Å²) in [6.07, 6.45) is 0.567. The zero-order chi connectivity index (χ0) is 26.8. The Balaban J connectivity index is 1.13. The molecule has 0 aliphatic heterocycles. The van der Waals surface area contributed by atoms with Gasteiger partial charge in [-0.3, -0.25) is 5.10 Å². The molecule has 14 heteroatoms. The van der Waals surface area contributed by atoms with Crippen molar-refractivity contribution in [3.8, 4) is 16.3 Å². The average Bonchev–Trinajstić information content (AvgIpc) is 3.56. The number of aliphatic hydroxyl groups is 1. The van der Waals surface area contributed by atoms with Crippen LogP contribution in [-0.4, -0.2) is 69.1 Å². The molecule has 0 spiro atoms. The zero-order valence-corrected chi connectivity index (χ0v) is 21.2. The average molecular weight is 552 g/mol. The van der Waals surface area contributed by atoms with Crippen molar-refractivity contribution in [2.45, 2.75) is 32.2 Å². The second-order valence-electron chi connectivity index (χ2n) is 8.40. The predicted molar refractivity (Wildman–Crippen MR) is 137 cm³/mol. The minimum atomic E-state index is -4.76. The first kappa shape index (κ1) is 27.7. The van der Waals surface area contributed by atoms with Gasteiger partial charge in [-0.25, -0.2) is 4.98 Å². The molecule has 38 heavy (non-hydrogen) atoms. The molecule has 0 radical (unpaired) electrons. The minimum absolute atomic E-state index is 0.154. The van der Waals surface area contributed by atoms with Crippen LogP contribution >= 0.6 is 11.5 Å². The highest BCUT2D eigenvalue weighted by molar-refractivity contribution is 7.09. The lowest BCUT2D eigenvalue weighted by Gasteiger charge is -2.13. The van der Waals surface area contributed by atoms with E-state index in [4.69, 9.17) is 9.84 Å². The monoisotopic (exact) mass is 551 g/mol. The third-order valence-electron chi connectivity index (χ3n) is 5.47. The number of H-pyrrole nitrogens is 1. The molecule has 3 heterocycles. The van der Waals surface area contributed by atoms with Gasteiger partial charge in [0.1, 0.15) is 11.6 Å². The molecule has 0 aliphatic carbocycles. The molecule has 4 aromatic rings. The molecule has 10 nitrogen and oxygen atoms in total. The van der Waals surface area contributed by atoms with Crippen molar-refractivity contribution in [2.24, 2.45) is 0 Å². The molecule has 1 aromatic carbocycles. The lowest BCUT2D eigenvalue weighted by Crippen LogP contribution is -2.18. The van der Waals surface area contributed by atoms with Crippen LogP contribution in [0.4, 0.5) is 19.0 Å². The number of fused-ring (bicyclic) bond motifs is 1. The number of aromatic nitrogens is 5. The van der Waals surface area contributed by atoms with E-state index in [1.54, 1.807) is 18.5 Å². The molecule has 4 rings (SSSR count). The second kappa shape index (κ2) is 13.5. The Kier molecular flexibility index (Phi) is 9.81. The van der Waals surface area contributed by atoms with Crippen molar-refractivity contribution in [1.29, 1.82) is 0 Å². The Labute approximate surface area is 220 Å². The van der Waals surface area contributed by atoms with Crippen LogP contribution in [0.5, 0.6) is 5.75 Å². The number of anilines is 1. The number of unbranched alkanes of at least 4 members (excludes halogenated alkanes) is 1. The van der Waals surface area contributed by atoms with Crippen LogP contribution < -0.4 is 15.4 Å². The summed E-state index contributed by atoms with van der Waals surface area (Å²) in [5, 5.41) is 27.4. The number of aromatic amines is 1. The molecule has 0 saturated heterocycles. The molecule has 0 atom stereocenters. The Morgan fingerprint density at radius 1 is 1.03 bits per heavy atom. The largest absolute Gasteiger partial charge is 0.573 e. The number of hydrogen-bond donors (Lipinski definition) is 4. The number of nitrogens with zero attached hydrogens (tertiary/aromatic N) is 4. The Bertz CT molecular complexity index is 1290. The van der Waals surface area contributed by atoms with Crippen LogP contribution in [0.1, 0.15) is 24.0 Å². The molecule has 0 amide bonds. The molecule has 0 unspecified atom stereocenters. The van der Waals surface area contributed by atoms with Gasteiger partial charge < -0.3 is 25.2 Å². The highest BCUT2D eigenvalue weighted by atomic mass is 32.1. The highest BCUT2D eigenvalue weighted by Gasteiger charge is 2.31. The first-order chi connectivity index (χ1) is 18.4. The highest BCUT2D eigenvalue weighted by Crippen LogP contribution is 2.28. The molecule has 4 N–H and O–H groups in total. The molecule has 3 aromatic heterocycles. The molecule has 204 valence electrons. The van der Waals surface area contributed by atoms with E-state index in [1.165, 1.54) is 23.7 Å².